The van der Waals surface area contributed by atoms with Crippen LogP contribution in [-0.4, -0.2) is 34.6 Å². The van der Waals surface area contributed by atoms with Crippen molar-refractivity contribution in [2.24, 2.45) is 5.41 Å². The number of hydrogen-bond acceptors (Lipinski definition) is 4. The van der Waals surface area contributed by atoms with Crippen LogP contribution in [0.1, 0.15) is 55.6 Å². The first-order chi connectivity index (χ1) is 13.1. The van der Waals surface area contributed by atoms with Crippen molar-refractivity contribution < 1.29 is 13.9 Å². The summed E-state index contributed by atoms with van der Waals surface area (Å²) in [6, 6.07) is -0.539. The molecule has 2 aliphatic carbocycles. The number of methoxy groups -OCH3 is 1. The molecule has 5 rings (SSSR count). The summed E-state index contributed by atoms with van der Waals surface area (Å²) in [6.07, 6.45) is 15.9. The first-order valence-electron chi connectivity index (χ1n) is 9.74. The van der Waals surface area contributed by atoms with E-state index in [0.29, 0.717) is 12.0 Å². The van der Waals surface area contributed by atoms with E-state index in [2.05, 4.69) is 16.1 Å². The Labute approximate surface area is 158 Å². The van der Waals surface area contributed by atoms with Crippen molar-refractivity contribution in [2.75, 3.05) is 7.11 Å². The molecule has 27 heavy (non-hydrogen) atoms. The summed E-state index contributed by atoms with van der Waals surface area (Å²) < 4.78 is 21.8. The molecule has 1 aromatic heterocycles. The molecule has 5 nitrogen and oxygen atoms in total. The van der Waals surface area contributed by atoms with Crippen LogP contribution in [0.5, 0.6) is 0 Å². The maximum atomic E-state index is 14.2. The number of nitrogens with one attached hydrogen (secondary N) is 1. The second-order valence-electron chi connectivity index (χ2n) is 8.16. The number of ether oxygens (including phenoxy) is 1. The zero-order valence-electron chi connectivity index (χ0n) is 15.4. The molecule has 3 heterocycles. The quantitative estimate of drug-likeness (QED) is 0.868. The summed E-state index contributed by atoms with van der Waals surface area (Å²) >= 11 is 0. The third-order valence-electron chi connectivity index (χ3n) is 6.74. The van der Waals surface area contributed by atoms with E-state index in [1.807, 2.05) is 24.4 Å². The van der Waals surface area contributed by atoms with Gasteiger partial charge in [0.05, 0.1) is 17.8 Å². The van der Waals surface area contributed by atoms with Crippen molar-refractivity contribution in [2.45, 2.75) is 56.2 Å². The highest BCUT2D eigenvalue weighted by atomic mass is 19.1. The van der Waals surface area contributed by atoms with Crippen LogP contribution in [0.3, 0.4) is 0 Å². The minimum Gasteiger partial charge on any atom is -0.381 e. The van der Waals surface area contributed by atoms with Gasteiger partial charge in [-0.15, -0.1) is 0 Å². The Bertz CT molecular complexity index is 863. The van der Waals surface area contributed by atoms with Gasteiger partial charge in [-0.3, -0.25) is 4.79 Å². The van der Waals surface area contributed by atoms with E-state index in [-0.39, 0.29) is 24.1 Å². The molecule has 3 atom stereocenters. The molecule has 1 fully saturated rings. The van der Waals surface area contributed by atoms with Crippen LogP contribution in [0.2, 0.25) is 0 Å². The van der Waals surface area contributed by atoms with Crippen molar-refractivity contribution in [1.82, 2.24) is 14.9 Å². The van der Waals surface area contributed by atoms with E-state index in [0.717, 1.165) is 43.3 Å². The van der Waals surface area contributed by atoms with Gasteiger partial charge in [-0.2, -0.15) is 0 Å². The predicted octanol–water partition coefficient (Wildman–Crippen LogP) is 3.42. The number of hydrogen-bond donors (Lipinski definition) is 1. The number of aromatic nitrogens is 2. The van der Waals surface area contributed by atoms with Gasteiger partial charge in [0.15, 0.2) is 5.78 Å². The molecule has 0 amide bonds. The molecule has 1 saturated carbocycles. The van der Waals surface area contributed by atoms with Gasteiger partial charge in [-0.05, 0) is 44.0 Å². The molecular weight excluding hydrogens is 345 g/mol. The average Bonchev–Trinajstić information content (AvgIpc) is 3.11. The Balaban J connectivity index is 1.49. The second kappa shape index (κ2) is 6.16. The van der Waals surface area contributed by atoms with Crippen molar-refractivity contribution in [3.8, 4) is 0 Å². The lowest BCUT2D eigenvalue weighted by atomic mass is 9.64. The maximum Gasteiger partial charge on any atom is 0.181 e. The highest BCUT2D eigenvalue weighted by Crippen LogP contribution is 2.51. The summed E-state index contributed by atoms with van der Waals surface area (Å²) in [5.41, 5.74) is 0.492. The topological polar surface area (TPSA) is 56.2 Å². The second-order valence-corrected chi connectivity index (χ2v) is 8.16. The largest absolute Gasteiger partial charge is 0.381 e. The summed E-state index contributed by atoms with van der Waals surface area (Å²) in [5, 5.41) is 3.15. The highest BCUT2D eigenvalue weighted by molar-refractivity contribution is 5.97. The minimum atomic E-state index is -0.608. The molecule has 0 saturated heterocycles. The monoisotopic (exact) mass is 369 g/mol. The fourth-order valence-corrected chi connectivity index (χ4v) is 5.28. The fraction of sp³-hybridized carbons (Fsp3) is 0.524. The zero-order chi connectivity index (χ0) is 18.6. The average molecular weight is 369 g/mol. The summed E-state index contributed by atoms with van der Waals surface area (Å²) in [7, 11) is 1.78. The molecule has 0 aromatic carbocycles. The van der Waals surface area contributed by atoms with Crippen LogP contribution < -0.4 is 5.32 Å². The highest BCUT2D eigenvalue weighted by Gasteiger charge is 2.52. The van der Waals surface area contributed by atoms with Gasteiger partial charge in [0.25, 0.3) is 0 Å². The van der Waals surface area contributed by atoms with Crippen molar-refractivity contribution in [3.05, 3.63) is 48.0 Å². The number of ketones is 1. The summed E-state index contributed by atoms with van der Waals surface area (Å²) in [4.78, 5) is 17.3. The smallest absolute Gasteiger partial charge is 0.181 e. The molecule has 1 aromatic rings. The Kier molecular flexibility index (Phi) is 3.86. The number of fused-ring (bicyclic) bond motifs is 2. The standard InChI is InChI=1S/C21H24FN3O2/c1-27-15-4-2-13(3-5-15)16-12-25-18-7-9-23-20-17(26)10-14(22)11-21(18,20)8-6-19(25)24-16/h6-10,12-13,15,18,20,23H,2-5,11H2,1H3/t13?,15?,18-,20?,21-/m0/s1. The van der Waals surface area contributed by atoms with Crippen LogP contribution in [0.15, 0.2) is 36.5 Å². The van der Waals surface area contributed by atoms with E-state index in [9.17, 15) is 9.18 Å². The number of carbonyl (C=O) groups excluding carboxylic acids is 1. The van der Waals surface area contributed by atoms with Gasteiger partial charge in [-0.25, -0.2) is 9.37 Å². The number of imidazole rings is 1. The summed E-state index contributed by atoms with van der Waals surface area (Å²) in [5.74, 6) is 0.788. The molecule has 142 valence electrons. The lowest BCUT2D eigenvalue weighted by Crippen LogP contribution is -2.56. The summed E-state index contributed by atoms with van der Waals surface area (Å²) in [6.45, 7) is 0. The van der Waals surface area contributed by atoms with Crippen LogP contribution in [0.4, 0.5) is 4.39 Å². The lowest BCUT2D eigenvalue weighted by molar-refractivity contribution is -0.120. The first kappa shape index (κ1) is 16.9. The number of allylic oxidation sites excluding steroid dienone is 2. The van der Waals surface area contributed by atoms with Gasteiger partial charge >= 0.3 is 0 Å². The Morgan fingerprint density at radius 2 is 2.15 bits per heavy atom. The van der Waals surface area contributed by atoms with Crippen LogP contribution >= 0.6 is 0 Å². The SMILES string of the molecule is COC1CCC(c2cn3c(n2)C=C[C@@]24CC(F)=CC(=O)C2NC=C[C@H]34)CC1. The van der Waals surface area contributed by atoms with Crippen LogP contribution in [0.25, 0.3) is 6.08 Å². The first-order valence-corrected chi connectivity index (χ1v) is 9.74. The molecule has 0 bridgehead atoms. The van der Waals surface area contributed by atoms with Gasteiger partial charge in [0.2, 0.25) is 0 Å². The van der Waals surface area contributed by atoms with Crippen LogP contribution in [0, 0.1) is 5.41 Å². The molecule has 0 radical (unpaired) electrons. The molecular formula is C21H24FN3O2. The normalized spacial score (nSPS) is 37.1. The van der Waals surface area contributed by atoms with Gasteiger partial charge in [-0.1, -0.05) is 6.08 Å². The molecule has 6 heteroatoms. The number of nitrogens with zero attached hydrogens (tertiary/aromatic N) is 2. The van der Waals surface area contributed by atoms with Crippen LogP contribution in [-0.2, 0) is 9.53 Å². The van der Waals surface area contributed by atoms with E-state index in [1.54, 1.807) is 7.11 Å². The van der Waals surface area contributed by atoms with E-state index in [1.165, 1.54) is 0 Å². The Hall–Kier alpha value is -2.21. The fourth-order valence-electron chi connectivity index (χ4n) is 5.28. The van der Waals surface area contributed by atoms with Gasteiger partial charge < -0.3 is 14.6 Å². The number of halogens is 1. The Morgan fingerprint density at radius 1 is 1.33 bits per heavy atom. The van der Waals surface area contributed by atoms with E-state index >= 15 is 0 Å². The number of rotatable bonds is 2. The third-order valence-corrected chi connectivity index (χ3v) is 6.74. The van der Waals surface area contributed by atoms with Crippen molar-refractivity contribution >= 4 is 11.9 Å². The van der Waals surface area contributed by atoms with Gasteiger partial charge in [0, 0.05) is 37.1 Å². The molecule has 1 spiro atoms. The lowest BCUT2D eigenvalue weighted by Gasteiger charge is -2.48. The van der Waals surface area contributed by atoms with Crippen molar-refractivity contribution in [3.63, 3.8) is 0 Å². The molecule has 4 aliphatic rings. The zero-order valence-corrected chi connectivity index (χ0v) is 15.4. The Morgan fingerprint density at radius 3 is 2.93 bits per heavy atom. The predicted molar refractivity (Wildman–Crippen MR) is 99.6 cm³/mol. The molecule has 2 aliphatic heterocycles. The van der Waals surface area contributed by atoms with Crippen molar-refractivity contribution in [1.29, 1.82) is 0 Å². The van der Waals surface area contributed by atoms with E-state index < -0.39 is 11.5 Å². The minimum absolute atomic E-state index is 0.108. The molecule has 1 unspecified atom stereocenters. The molecule has 1 N–H and O–H groups in total. The number of carbonyl (C=O) groups is 1. The third kappa shape index (κ3) is 2.53. The van der Waals surface area contributed by atoms with Gasteiger partial charge in [0.1, 0.15) is 17.7 Å². The maximum absolute atomic E-state index is 14.2. The van der Waals surface area contributed by atoms with E-state index in [4.69, 9.17) is 9.72 Å².